The minimum absolute atomic E-state index is 0.153. The number of benzene rings is 2. The van der Waals surface area contributed by atoms with Crippen molar-refractivity contribution in [2.75, 3.05) is 6.61 Å². The Hall–Kier alpha value is -2.30. The van der Waals surface area contributed by atoms with Gasteiger partial charge in [-0.2, -0.15) is 0 Å². The van der Waals surface area contributed by atoms with Gasteiger partial charge in [0.25, 0.3) is 0 Å². The number of halogens is 1. The van der Waals surface area contributed by atoms with Gasteiger partial charge in [0.2, 0.25) is 0 Å². The minimum Gasteiger partial charge on any atom is -0.488 e. The summed E-state index contributed by atoms with van der Waals surface area (Å²) in [5.74, 6) is 0.0218. The monoisotopic (exact) mass is 488 g/mol. The maximum atomic E-state index is 9.93. The number of aliphatic hydroxyl groups is 1. The summed E-state index contributed by atoms with van der Waals surface area (Å²) in [6.45, 7) is 12.7. The van der Waals surface area contributed by atoms with Gasteiger partial charge in [0.15, 0.2) is 0 Å². The first kappa shape index (κ1) is 29.7. The van der Waals surface area contributed by atoms with Gasteiger partial charge in [-0.3, -0.25) is 4.79 Å². The molecule has 188 valence electrons. The molecule has 2 N–H and O–H groups in total. The van der Waals surface area contributed by atoms with Gasteiger partial charge in [0.1, 0.15) is 12.4 Å². The van der Waals surface area contributed by atoms with Gasteiger partial charge in [-0.15, -0.1) is 0 Å². The van der Waals surface area contributed by atoms with E-state index in [0.29, 0.717) is 13.0 Å². The summed E-state index contributed by atoms with van der Waals surface area (Å²) in [6, 6.07) is 12.3. The van der Waals surface area contributed by atoms with Crippen LogP contribution < -0.4 is 4.74 Å². The summed E-state index contributed by atoms with van der Waals surface area (Å²) >= 11 is 6.23. The molecule has 0 fully saturated rings. The Kier molecular flexibility index (Phi) is 13.6. The van der Waals surface area contributed by atoms with Crippen LogP contribution in [0.4, 0.5) is 0 Å². The Bertz CT molecular complexity index is 949. The molecule has 0 saturated heterocycles. The summed E-state index contributed by atoms with van der Waals surface area (Å²) in [4.78, 5) is 9.93. The maximum absolute atomic E-state index is 9.93. The van der Waals surface area contributed by atoms with Gasteiger partial charge in [-0.1, -0.05) is 77.3 Å². The molecule has 0 bridgehead atoms. The van der Waals surface area contributed by atoms with Gasteiger partial charge in [-0.05, 0) is 72.2 Å². The Morgan fingerprint density at radius 3 is 2.32 bits per heavy atom. The van der Waals surface area contributed by atoms with Crippen molar-refractivity contribution >= 4 is 23.1 Å². The molecule has 1 unspecified atom stereocenters. The Balaban J connectivity index is 0.000000553. The first-order valence-electron chi connectivity index (χ1n) is 12.5. The second-order valence-electron chi connectivity index (χ2n) is 8.12. The van der Waals surface area contributed by atoms with Crippen molar-refractivity contribution in [3.8, 4) is 5.75 Å². The predicted octanol–water partition coefficient (Wildman–Crippen LogP) is 7.92. The van der Waals surface area contributed by atoms with Crippen molar-refractivity contribution in [2.24, 2.45) is 5.92 Å². The quantitative estimate of drug-likeness (QED) is 0.415. The number of aliphatic carboxylic acids is 1. The highest BCUT2D eigenvalue weighted by Crippen LogP contribution is 2.41. The summed E-state index contributed by atoms with van der Waals surface area (Å²) in [5, 5.41) is 18.2. The van der Waals surface area contributed by atoms with Crippen molar-refractivity contribution in [3.05, 3.63) is 69.2 Å². The van der Waals surface area contributed by atoms with E-state index in [1.165, 1.54) is 16.7 Å². The van der Waals surface area contributed by atoms with E-state index in [1.54, 1.807) is 6.92 Å². The van der Waals surface area contributed by atoms with E-state index < -0.39 is 5.97 Å². The van der Waals surface area contributed by atoms with Crippen LogP contribution in [0.3, 0.4) is 0 Å². The highest BCUT2D eigenvalue weighted by molar-refractivity contribution is 6.30. The summed E-state index contributed by atoms with van der Waals surface area (Å²) < 4.78 is 6.11. The maximum Gasteiger partial charge on any atom is 0.306 e. The summed E-state index contributed by atoms with van der Waals surface area (Å²) in [5.41, 5.74) is 7.34. The number of rotatable bonds is 7. The van der Waals surface area contributed by atoms with Gasteiger partial charge >= 0.3 is 5.97 Å². The number of ether oxygens (including phenoxy) is 1. The third-order valence-electron chi connectivity index (χ3n) is 5.80. The van der Waals surface area contributed by atoms with Crippen molar-refractivity contribution in [1.29, 1.82) is 0 Å². The van der Waals surface area contributed by atoms with E-state index >= 15 is 0 Å². The van der Waals surface area contributed by atoms with Crippen LogP contribution >= 0.6 is 11.6 Å². The average Bonchev–Trinajstić information content (AvgIpc) is 3.00. The van der Waals surface area contributed by atoms with Crippen molar-refractivity contribution in [2.45, 2.75) is 80.3 Å². The second-order valence-corrected chi connectivity index (χ2v) is 8.56. The van der Waals surface area contributed by atoms with Crippen LogP contribution in [0, 0.1) is 5.92 Å². The van der Waals surface area contributed by atoms with E-state index in [4.69, 9.17) is 21.4 Å². The highest BCUT2D eigenvalue weighted by atomic mass is 35.5. The number of allylic oxidation sites excluding steroid dienone is 1. The molecule has 0 radical (unpaired) electrons. The molecule has 1 atom stereocenters. The number of hydrogen-bond donors (Lipinski definition) is 2. The lowest BCUT2D eigenvalue weighted by atomic mass is 9.87. The number of aliphatic hydroxyl groups excluding tert-OH is 1. The van der Waals surface area contributed by atoms with Crippen LogP contribution in [-0.2, 0) is 17.8 Å². The zero-order chi connectivity index (χ0) is 25.7. The number of hydrogen-bond acceptors (Lipinski definition) is 3. The van der Waals surface area contributed by atoms with Crippen LogP contribution in [0.5, 0.6) is 5.75 Å². The second kappa shape index (κ2) is 15.6. The van der Waals surface area contributed by atoms with Gasteiger partial charge < -0.3 is 14.9 Å². The van der Waals surface area contributed by atoms with E-state index in [-0.39, 0.29) is 12.5 Å². The fraction of sp³-hybridized carbons (Fsp3) is 0.483. The van der Waals surface area contributed by atoms with E-state index in [1.807, 2.05) is 45.0 Å². The zero-order valence-electron chi connectivity index (χ0n) is 21.6. The SMILES string of the molecule is CC.CCC(C)C(=O)O.CCC/C(CC)=C1\c2ccc(Cl)cc2COc2ccc(CCO)cc21. The molecule has 0 saturated carbocycles. The van der Waals surface area contributed by atoms with Crippen molar-refractivity contribution in [1.82, 2.24) is 0 Å². The van der Waals surface area contributed by atoms with E-state index in [9.17, 15) is 9.90 Å². The van der Waals surface area contributed by atoms with Crippen LogP contribution in [-0.4, -0.2) is 22.8 Å². The molecular formula is C29H41ClO4. The molecule has 1 heterocycles. The third-order valence-corrected chi connectivity index (χ3v) is 6.03. The lowest BCUT2D eigenvalue weighted by Gasteiger charge is -2.17. The molecule has 1 aliphatic rings. The van der Waals surface area contributed by atoms with Crippen LogP contribution in [0.25, 0.3) is 5.57 Å². The first-order chi connectivity index (χ1) is 16.4. The van der Waals surface area contributed by atoms with E-state index in [2.05, 4.69) is 26.0 Å². The number of carboxylic acid groups (broad SMARTS) is 1. The highest BCUT2D eigenvalue weighted by Gasteiger charge is 2.22. The van der Waals surface area contributed by atoms with Crippen LogP contribution in [0.15, 0.2) is 42.0 Å². The molecule has 34 heavy (non-hydrogen) atoms. The smallest absolute Gasteiger partial charge is 0.306 e. The Morgan fingerprint density at radius 1 is 1.09 bits per heavy atom. The standard InChI is InChI=1S/C22H25ClO2.C5H10O2.C2H6/c1-3-5-16(4-2)22-19-8-7-18(23)13-17(19)14-25-21-9-6-15(10-11-24)12-20(21)22;1-3-4(2)5(6)7;1-2/h6-9,12-13,24H,3-5,10-11,14H2,1-2H3;4H,3H2,1-2H3,(H,6,7);1-2H3/b22-16+;;. The van der Waals surface area contributed by atoms with Crippen LogP contribution in [0.1, 0.15) is 89.5 Å². The number of fused-ring (bicyclic) bond motifs is 2. The summed E-state index contributed by atoms with van der Waals surface area (Å²) in [7, 11) is 0. The summed E-state index contributed by atoms with van der Waals surface area (Å²) in [6.07, 6.45) is 4.56. The van der Waals surface area contributed by atoms with Gasteiger partial charge in [-0.25, -0.2) is 0 Å². The predicted molar refractivity (Wildman–Crippen MR) is 143 cm³/mol. The average molecular weight is 489 g/mol. The molecule has 0 amide bonds. The lowest BCUT2D eigenvalue weighted by Crippen LogP contribution is -2.06. The molecule has 0 spiro atoms. The normalized spacial score (nSPS) is 14.0. The van der Waals surface area contributed by atoms with Crippen molar-refractivity contribution in [3.63, 3.8) is 0 Å². The topological polar surface area (TPSA) is 66.8 Å². The number of carbonyl (C=O) groups is 1. The first-order valence-corrected chi connectivity index (χ1v) is 12.8. The van der Waals surface area contributed by atoms with Gasteiger partial charge in [0, 0.05) is 17.2 Å². The molecular weight excluding hydrogens is 448 g/mol. The van der Waals surface area contributed by atoms with E-state index in [0.717, 1.165) is 53.1 Å². The van der Waals surface area contributed by atoms with Crippen LogP contribution in [0.2, 0.25) is 5.02 Å². The molecule has 5 heteroatoms. The number of carboxylic acids is 1. The largest absolute Gasteiger partial charge is 0.488 e. The Morgan fingerprint density at radius 2 is 1.79 bits per heavy atom. The fourth-order valence-corrected chi connectivity index (χ4v) is 3.94. The third kappa shape index (κ3) is 8.18. The molecule has 2 aromatic rings. The molecule has 4 nitrogen and oxygen atoms in total. The van der Waals surface area contributed by atoms with Gasteiger partial charge in [0.05, 0.1) is 5.92 Å². The molecule has 1 aliphatic heterocycles. The van der Waals surface area contributed by atoms with Crippen molar-refractivity contribution < 1.29 is 19.7 Å². The molecule has 0 aliphatic carbocycles. The molecule has 0 aromatic heterocycles. The fourth-order valence-electron chi connectivity index (χ4n) is 3.75. The lowest BCUT2D eigenvalue weighted by molar-refractivity contribution is -0.141. The zero-order valence-corrected chi connectivity index (χ0v) is 22.3. The molecule has 3 rings (SSSR count). The Labute approximate surface area is 210 Å². The minimum atomic E-state index is -0.706. The molecule has 2 aromatic carbocycles.